The Bertz CT molecular complexity index is 684. The molecule has 0 fully saturated rings. The molecule has 0 bridgehead atoms. The average Bonchev–Trinajstić information content (AvgIpc) is 1.79. The van der Waals surface area contributed by atoms with Crippen molar-refractivity contribution in [3.8, 4) is 0 Å². The van der Waals surface area contributed by atoms with Gasteiger partial charge in [-0.15, -0.1) is 0 Å². The second kappa shape index (κ2) is 380. The van der Waals surface area contributed by atoms with Gasteiger partial charge in [0.15, 0.2) is 0 Å². The maximum absolute atomic E-state index is 8.74. The summed E-state index contributed by atoms with van der Waals surface area (Å²) in [5.74, 6) is 0. The Morgan fingerprint density at radius 3 is 0.0795 bits per heavy atom. The summed E-state index contributed by atoms with van der Waals surface area (Å²) in [6, 6.07) is 0. The zero-order chi connectivity index (χ0) is 22.5. The second-order valence-corrected chi connectivity index (χ2v) is 6.72. The Morgan fingerprint density at radius 1 is 0.0795 bits per heavy atom. The minimum Gasteiger partial charge on any atom is -0.264 e. The summed E-state index contributed by atoms with van der Waals surface area (Å²) in [6.07, 6.45) is 0. The molecule has 0 aromatic heterocycles. The fraction of sp³-hybridized carbons (Fsp3) is 0. The number of rotatable bonds is 0. The first-order valence-electron chi connectivity index (χ1n) is 3.49. The van der Waals surface area contributed by atoms with E-state index in [1.54, 1.807) is 0 Å². The summed E-state index contributed by atoms with van der Waals surface area (Å²) in [5, 5.41) is 0. The van der Waals surface area contributed by atoms with Crippen molar-refractivity contribution in [2.75, 3.05) is 0 Å². The summed E-state index contributed by atoms with van der Waals surface area (Å²) < 4.78 is 158. The van der Waals surface area contributed by atoms with Crippen LogP contribution in [0.3, 0.4) is 0 Å². The van der Waals surface area contributed by atoms with Crippen molar-refractivity contribution in [1.82, 2.24) is 0 Å². The van der Waals surface area contributed by atoms with E-state index in [2.05, 4.69) is 0 Å². The van der Waals surface area contributed by atoms with Gasteiger partial charge in [0.2, 0.25) is 0 Å². The zero-order valence-electron chi connectivity index (χ0n) is 55.1. The van der Waals surface area contributed by atoms with Crippen LogP contribution in [0.25, 0.3) is 0 Å². The number of hydrogen-bond donors (Lipinski definition) is 10. The first kappa shape index (κ1) is 470. The third-order valence-electron chi connectivity index (χ3n) is 0. The SMILES string of the molecule is O=S(=O)(O)O.O=S(=O)(O)O.O=S(=O)(O)O.O=S(=O)(O)O.O=S(=O)(O)O.[Ca+2].[Ca+2].[Ca+2].[Ca+2].[Ca+2].[Ca+2].[Ca+2].[Ca+2].[Ca+2].[Ca+2].[Ca+2].[Ca+2].[Ca+2].[Ca+2].[Ca+2].[Ca+2].[Ca+2].[Ca+2].[Ca+2].[Ca+2].[Ca+2].[Ca+2].[Ca+2].[Ca+2].[Ca+2].[Ca+2].[Ca+2].[Ca+2].[Ca+2].[Ca+2].[Ca+2].[Ca+2].[Ca+2].[Ca+2].[Ca+2].[Ca+2].[Ca+2].[Ca+2].[Ca+2].[Ca+2].[Ca+2].[Ca+2].[Ca+2].[Ca+2].[Ca+2].[Ca+2].[Ca+2].[Ca+2].[Ca+2].[Ca+2].[Ca+2].[Ca+2].[Ca+2].[Ca+2].[Ca+2].[Ca+2].[Ca+2].[Ca+2].[Ca+2].[Ca+2].[Ca+2].[Ca+2].[Ca+2]. The van der Waals surface area contributed by atoms with Crippen LogP contribution in [-0.4, -0.2) is 2470 Å². The van der Waals surface area contributed by atoms with E-state index in [1.807, 2.05) is 0 Å². The van der Waals surface area contributed by atoms with Gasteiger partial charge in [0.05, 0.1) is 0 Å². The Balaban J connectivity index is -0.000000000730. The van der Waals surface area contributed by atoms with Gasteiger partial charge in [0, 0.05) is 0 Å². The number of hydrogen-bond acceptors (Lipinski definition) is 10. The van der Waals surface area contributed by atoms with Crippen LogP contribution >= 0.6 is 0 Å². The maximum atomic E-state index is 8.74. The Hall–Kier alpha value is 78.7. The van der Waals surface area contributed by atoms with Crippen LogP contribution in [0.4, 0.5) is 0 Å². The third-order valence-corrected chi connectivity index (χ3v) is 0. The molecule has 0 saturated carbocycles. The smallest absolute Gasteiger partial charge is 0.264 e. The summed E-state index contributed by atoms with van der Waals surface area (Å²) in [4.78, 5) is 0. The summed E-state index contributed by atoms with van der Waals surface area (Å²) in [6.45, 7) is 0. The largest absolute Gasteiger partial charge is 2.00 e. The Morgan fingerprint density at radius 2 is 0.0795 bits per heavy atom. The van der Waals surface area contributed by atoms with Gasteiger partial charge in [0.25, 0.3) is 0 Å². The second-order valence-electron chi connectivity index (χ2n) is 2.24. The molecular weight excluding hydrogens is 3010 g/mol. The van der Waals surface area contributed by atoms with E-state index in [0.29, 0.717) is 0 Å². The van der Waals surface area contributed by atoms with Crippen LogP contribution < -0.4 is 0 Å². The molecule has 0 aromatic rings. The molecule has 0 amide bonds. The summed E-state index contributed by atoms with van der Waals surface area (Å²) in [7, 11) is -23.3. The molecule has 0 atom stereocenters. The van der Waals surface area contributed by atoms with Crippen molar-refractivity contribution >= 4 is 2430 Å². The van der Waals surface area contributed by atoms with E-state index in [1.165, 1.54) is 0 Å². The van der Waals surface area contributed by atoms with Gasteiger partial charge in [0.1, 0.15) is 0 Å². The molecule has 20 nitrogen and oxygen atoms in total. The van der Waals surface area contributed by atoms with Crippen LogP contribution in [-0.2, 0) is 52.0 Å². The molecule has 0 saturated heterocycles. The van der Waals surface area contributed by atoms with E-state index in [-0.39, 0.29) is 2380 Å². The zero-order valence-corrected chi connectivity index (χ0v) is 198. The van der Waals surface area contributed by atoms with E-state index in [9.17, 15) is 0 Å². The molecule has 88 heteroatoms. The van der Waals surface area contributed by atoms with Crippen molar-refractivity contribution in [2.45, 2.75) is 0 Å². The molecule has 0 rings (SSSR count). The molecule has 88 heavy (non-hydrogen) atoms. The Labute approximate surface area is 2410 Å². The van der Waals surface area contributed by atoms with Crippen molar-refractivity contribution in [3.05, 3.63) is 0 Å². The molecule has 10 N–H and O–H groups in total. The van der Waals surface area contributed by atoms with Gasteiger partial charge in [-0.1, -0.05) is 0 Å². The van der Waals surface area contributed by atoms with Gasteiger partial charge in [-0.05, 0) is 0 Å². The molecule has 0 spiro atoms. The van der Waals surface area contributed by atoms with Gasteiger partial charge >= 0.3 is 2430 Å². The molecule has 0 aliphatic rings. The monoisotopic (exact) mass is 3010 g/mol. The van der Waals surface area contributed by atoms with E-state index in [4.69, 9.17) is 87.6 Å². The Kier molecular flexibility index (Phi) is 2030. The summed E-state index contributed by atoms with van der Waals surface area (Å²) >= 11 is 0. The first-order chi connectivity index (χ1) is 10.0. The quantitative estimate of drug-likeness (QED) is 0.0795. The molecule has 0 aliphatic carbocycles. The summed E-state index contributed by atoms with van der Waals surface area (Å²) in [5.41, 5.74) is 0. The molecule has 160 valence electrons. The topological polar surface area (TPSA) is 373 Å². The van der Waals surface area contributed by atoms with Crippen LogP contribution in [0, 0.1) is 0 Å². The van der Waals surface area contributed by atoms with Gasteiger partial charge in [-0.3, -0.25) is 45.5 Å². The molecule has 0 radical (unpaired) electrons. The molecule has 0 unspecified atom stereocenters. The van der Waals surface area contributed by atoms with Crippen molar-refractivity contribution in [2.24, 2.45) is 0 Å². The molecule has 0 aromatic carbocycles. The van der Waals surface area contributed by atoms with Gasteiger partial charge in [-0.25, -0.2) is 0 Å². The predicted octanol–water partition coefficient (Wildman–Crippen LogP) is -27.3. The predicted molar refractivity (Wildman–Crippen MR) is 433 cm³/mol. The van der Waals surface area contributed by atoms with Crippen LogP contribution in [0.15, 0.2) is 0 Å². The maximum Gasteiger partial charge on any atom is 2.00 e. The van der Waals surface area contributed by atoms with Crippen LogP contribution in [0.5, 0.6) is 0 Å². The minimum atomic E-state index is -4.67. The van der Waals surface area contributed by atoms with Gasteiger partial charge in [-0.2, -0.15) is 42.1 Å². The van der Waals surface area contributed by atoms with Gasteiger partial charge < -0.3 is 0 Å². The molecule has 0 aliphatic heterocycles. The minimum absolute atomic E-state index is 0. The molecular formula is H10Ca63O20S5+126. The van der Waals surface area contributed by atoms with E-state index < -0.39 is 52.0 Å². The van der Waals surface area contributed by atoms with Crippen molar-refractivity contribution in [1.29, 1.82) is 0 Å². The molecule has 0 heterocycles. The van der Waals surface area contributed by atoms with Crippen LogP contribution in [0.2, 0.25) is 0 Å². The fourth-order valence-corrected chi connectivity index (χ4v) is 0. The third kappa shape index (κ3) is 713. The van der Waals surface area contributed by atoms with Crippen LogP contribution in [0.1, 0.15) is 0 Å². The average molecular weight is 3020 g/mol. The van der Waals surface area contributed by atoms with E-state index >= 15 is 0 Å². The van der Waals surface area contributed by atoms with E-state index in [0.717, 1.165) is 0 Å². The first-order valence-corrected chi connectivity index (χ1v) is 10.5. The normalized spacial score (nSPS) is 3.30. The fourth-order valence-electron chi connectivity index (χ4n) is 0. The van der Waals surface area contributed by atoms with Crippen molar-refractivity contribution < 1.29 is 87.6 Å². The standard InChI is InChI=1S/63Ca.5H2O4S/c;;;;;;;;;;;;;;;;;;;;;;;;;;;;;;;;;;;;;;;;;;;;;;;;;;;;;;;;;;;;;;;5*1-5(2,3)4/h;;;;;;;;;;;;;;;;;;;;;;;;;;;;;;;;;;;;;;;;;;;;;;;;;;;;;;;;;;;;;;;5*(H2,1,2,3,4)/q63*+2;;;;;. The van der Waals surface area contributed by atoms with Crippen molar-refractivity contribution in [3.63, 3.8) is 0 Å².